The number of Topliss-reactive ketones (excluding diaryl/α,β-unsaturated/α-hetero) is 1. The van der Waals surface area contributed by atoms with Crippen LogP contribution in [0.2, 0.25) is 0 Å². The smallest absolute Gasteiger partial charge is 0.155 e. The van der Waals surface area contributed by atoms with Crippen molar-refractivity contribution in [1.82, 2.24) is 0 Å². The van der Waals surface area contributed by atoms with Gasteiger partial charge in [0.25, 0.3) is 0 Å². The first kappa shape index (κ1) is 29.0. The van der Waals surface area contributed by atoms with E-state index in [-0.39, 0.29) is 18.1 Å². The summed E-state index contributed by atoms with van der Waals surface area (Å²) in [5, 5.41) is 32.9. The summed E-state index contributed by atoms with van der Waals surface area (Å²) < 4.78 is 5.44. The Balaban J connectivity index is 1.68. The molecule has 37 heavy (non-hydrogen) atoms. The van der Waals surface area contributed by atoms with Gasteiger partial charge in [0.05, 0.1) is 18.8 Å². The first-order valence-electron chi connectivity index (χ1n) is 13.7. The van der Waals surface area contributed by atoms with Crippen LogP contribution in [0.25, 0.3) is 0 Å². The number of phenols is 1. The number of ether oxygens (including phenoxy) is 1. The van der Waals surface area contributed by atoms with Crippen LogP contribution in [0.3, 0.4) is 0 Å². The number of rotatable bonds is 15. The topological polar surface area (TPSA) is 93.5 Å². The molecule has 1 saturated carbocycles. The summed E-state index contributed by atoms with van der Waals surface area (Å²) in [5.41, 5.74) is 3.46. The minimum Gasteiger partial charge on any atom is -0.508 e. The van der Waals surface area contributed by atoms with E-state index >= 15 is 0 Å². The van der Waals surface area contributed by atoms with Crippen molar-refractivity contribution in [2.75, 3.05) is 49.2 Å². The van der Waals surface area contributed by atoms with Crippen LogP contribution < -0.4 is 9.80 Å². The van der Waals surface area contributed by atoms with Crippen molar-refractivity contribution in [2.45, 2.75) is 71.0 Å². The number of aliphatic hydroxyl groups excluding tert-OH is 2. The van der Waals surface area contributed by atoms with Crippen molar-refractivity contribution in [1.29, 1.82) is 0 Å². The predicted molar refractivity (Wildman–Crippen MR) is 149 cm³/mol. The number of aromatic hydroxyl groups is 1. The van der Waals surface area contributed by atoms with Crippen molar-refractivity contribution in [2.24, 2.45) is 0 Å². The van der Waals surface area contributed by atoms with E-state index in [1.165, 1.54) is 6.92 Å². The van der Waals surface area contributed by atoms with Crippen molar-refractivity contribution >= 4 is 17.2 Å². The predicted octanol–water partition coefficient (Wildman–Crippen LogP) is 4.44. The summed E-state index contributed by atoms with van der Waals surface area (Å²) in [6.07, 6.45) is 1.45. The van der Waals surface area contributed by atoms with Gasteiger partial charge in [0.1, 0.15) is 12.4 Å². The van der Waals surface area contributed by atoms with Gasteiger partial charge in [-0.05, 0) is 49.9 Å². The Morgan fingerprint density at radius 2 is 1.35 bits per heavy atom. The van der Waals surface area contributed by atoms with E-state index < -0.39 is 24.0 Å². The van der Waals surface area contributed by atoms with Gasteiger partial charge in [-0.1, -0.05) is 39.0 Å². The average molecular weight is 513 g/mol. The molecular formula is C30H44N2O5. The molecule has 0 amide bonds. The Morgan fingerprint density at radius 3 is 1.86 bits per heavy atom. The third kappa shape index (κ3) is 7.03. The zero-order valence-corrected chi connectivity index (χ0v) is 22.8. The van der Waals surface area contributed by atoms with E-state index in [2.05, 4.69) is 30.6 Å². The molecule has 0 aliphatic heterocycles. The van der Waals surface area contributed by atoms with Gasteiger partial charge in [-0.2, -0.15) is 0 Å². The van der Waals surface area contributed by atoms with Gasteiger partial charge in [0.2, 0.25) is 0 Å². The standard InChI is InChI=1S/C30H44N2O5/c1-5-14-31(15-6-2)24-12-13-25(26(34)19-24)28-29(35)27(30(28)36)22-8-10-23(11-9-22)32(16-7-3)17-18-37-20-21(4)33/h8-13,19,27-30,34-36H,5-7,14-18,20H2,1-4H3. The third-order valence-corrected chi connectivity index (χ3v) is 7.14. The molecule has 3 N–H and O–H groups in total. The van der Waals surface area contributed by atoms with Gasteiger partial charge < -0.3 is 29.9 Å². The molecule has 3 rings (SSSR count). The number of ketones is 1. The molecule has 1 aliphatic rings. The van der Waals surface area contributed by atoms with E-state index in [9.17, 15) is 20.1 Å². The quantitative estimate of drug-likeness (QED) is 0.304. The van der Waals surface area contributed by atoms with Gasteiger partial charge in [0, 0.05) is 61.0 Å². The second-order valence-corrected chi connectivity index (χ2v) is 10.1. The highest BCUT2D eigenvalue weighted by molar-refractivity contribution is 5.76. The summed E-state index contributed by atoms with van der Waals surface area (Å²) in [6.45, 7) is 11.9. The molecule has 1 aliphatic carbocycles. The van der Waals surface area contributed by atoms with Gasteiger partial charge in [-0.15, -0.1) is 0 Å². The summed E-state index contributed by atoms with van der Waals surface area (Å²) in [7, 11) is 0. The number of benzene rings is 2. The number of hydrogen-bond acceptors (Lipinski definition) is 7. The van der Waals surface area contributed by atoms with Crippen LogP contribution >= 0.6 is 0 Å². The van der Waals surface area contributed by atoms with Gasteiger partial charge in [-0.25, -0.2) is 0 Å². The molecule has 0 spiro atoms. The normalized spacial score (nSPS) is 20.9. The molecule has 7 nitrogen and oxygen atoms in total. The number of carbonyl (C=O) groups is 1. The molecule has 2 aromatic carbocycles. The van der Waals surface area contributed by atoms with Crippen molar-refractivity contribution in [3.63, 3.8) is 0 Å². The number of aliphatic hydroxyl groups is 2. The second-order valence-electron chi connectivity index (χ2n) is 10.1. The van der Waals surface area contributed by atoms with Crippen LogP contribution in [-0.4, -0.2) is 72.7 Å². The average Bonchev–Trinajstić information content (AvgIpc) is 2.87. The zero-order valence-electron chi connectivity index (χ0n) is 22.8. The molecular weight excluding hydrogens is 468 g/mol. The first-order valence-corrected chi connectivity index (χ1v) is 13.7. The lowest BCUT2D eigenvalue weighted by Gasteiger charge is -2.47. The summed E-state index contributed by atoms with van der Waals surface area (Å²) in [5.74, 6) is -0.803. The first-order chi connectivity index (χ1) is 17.8. The molecule has 0 radical (unpaired) electrons. The molecule has 2 atom stereocenters. The van der Waals surface area contributed by atoms with Gasteiger partial charge in [0.15, 0.2) is 5.78 Å². The fraction of sp³-hybridized carbons (Fsp3) is 0.567. The van der Waals surface area contributed by atoms with Gasteiger partial charge in [-0.3, -0.25) is 4.79 Å². The number of anilines is 2. The third-order valence-electron chi connectivity index (χ3n) is 7.14. The lowest BCUT2D eigenvalue weighted by molar-refractivity contribution is -0.121. The highest BCUT2D eigenvalue weighted by atomic mass is 16.5. The van der Waals surface area contributed by atoms with E-state index in [0.29, 0.717) is 18.7 Å². The van der Waals surface area contributed by atoms with Crippen molar-refractivity contribution < 1.29 is 24.9 Å². The molecule has 2 unspecified atom stereocenters. The van der Waals surface area contributed by atoms with Gasteiger partial charge >= 0.3 is 0 Å². The van der Waals surface area contributed by atoms with Crippen molar-refractivity contribution in [3.8, 4) is 5.75 Å². The maximum atomic E-state index is 11.1. The fourth-order valence-electron chi connectivity index (χ4n) is 5.33. The molecule has 0 heterocycles. The number of phenolic OH excluding ortho intramolecular Hbond substituents is 1. The summed E-state index contributed by atoms with van der Waals surface area (Å²) in [6, 6.07) is 13.5. The van der Waals surface area contributed by atoms with E-state index in [4.69, 9.17) is 4.74 Å². The van der Waals surface area contributed by atoms with Crippen LogP contribution in [0, 0.1) is 0 Å². The van der Waals surface area contributed by atoms with Crippen LogP contribution in [0.5, 0.6) is 5.75 Å². The number of nitrogens with zero attached hydrogens (tertiary/aromatic N) is 2. The Morgan fingerprint density at radius 1 is 0.811 bits per heavy atom. The van der Waals surface area contributed by atoms with Crippen LogP contribution in [0.1, 0.15) is 69.9 Å². The zero-order chi connectivity index (χ0) is 26.9. The minimum absolute atomic E-state index is 0.0153. The lowest BCUT2D eigenvalue weighted by Crippen LogP contribution is -2.51. The fourth-order valence-corrected chi connectivity index (χ4v) is 5.33. The van der Waals surface area contributed by atoms with E-state index in [1.807, 2.05) is 36.4 Å². The molecule has 1 fully saturated rings. The molecule has 0 bridgehead atoms. The highest BCUT2D eigenvalue weighted by Crippen LogP contribution is 2.50. The van der Waals surface area contributed by atoms with Crippen LogP contribution in [0.15, 0.2) is 42.5 Å². The van der Waals surface area contributed by atoms with E-state index in [1.54, 1.807) is 6.07 Å². The Labute approximate surface area is 221 Å². The largest absolute Gasteiger partial charge is 0.508 e. The van der Waals surface area contributed by atoms with Crippen molar-refractivity contribution in [3.05, 3.63) is 53.6 Å². The Bertz CT molecular complexity index is 980. The molecule has 7 heteroatoms. The monoisotopic (exact) mass is 512 g/mol. The Kier molecular flexibility index (Phi) is 10.8. The van der Waals surface area contributed by atoms with E-state index in [0.717, 1.165) is 55.8 Å². The Hall–Kier alpha value is -2.61. The molecule has 204 valence electrons. The molecule has 0 aromatic heterocycles. The minimum atomic E-state index is -0.785. The summed E-state index contributed by atoms with van der Waals surface area (Å²) in [4.78, 5) is 15.6. The molecule has 2 aromatic rings. The second kappa shape index (κ2) is 13.8. The molecule has 0 saturated heterocycles. The SMILES string of the molecule is CCCN(CCC)c1ccc(C2C(O)C(c3ccc(N(CCC)CCOCC(C)=O)cc3)C2O)c(O)c1. The number of carbonyl (C=O) groups excluding carboxylic acids is 1. The summed E-state index contributed by atoms with van der Waals surface area (Å²) >= 11 is 0. The maximum Gasteiger partial charge on any atom is 0.155 e. The highest BCUT2D eigenvalue weighted by Gasteiger charge is 2.51. The number of hydrogen-bond donors (Lipinski definition) is 3. The van der Waals surface area contributed by atoms with Crippen LogP contribution in [0.4, 0.5) is 11.4 Å². The lowest BCUT2D eigenvalue weighted by atomic mass is 9.63. The maximum absolute atomic E-state index is 11.1. The van der Waals surface area contributed by atoms with Crippen LogP contribution in [-0.2, 0) is 9.53 Å².